The molecule has 0 bridgehead atoms. The lowest BCUT2D eigenvalue weighted by Gasteiger charge is -2.09. The van der Waals surface area contributed by atoms with Gasteiger partial charge in [0.05, 0.1) is 18.5 Å². The molecule has 0 spiro atoms. The Hall–Kier alpha value is -1.79. The summed E-state index contributed by atoms with van der Waals surface area (Å²) in [6.07, 6.45) is 0. The van der Waals surface area contributed by atoms with E-state index >= 15 is 0 Å². The van der Waals surface area contributed by atoms with Crippen molar-refractivity contribution in [2.45, 2.75) is 6.92 Å². The first-order valence-corrected chi connectivity index (χ1v) is 6.52. The van der Waals surface area contributed by atoms with Crippen molar-refractivity contribution in [2.24, 2.45) is 0 Å². The molecule has 0 aliphatic rings. The molecular weight excluding hydrogens is 288 g/mol. The number of aryl methyl sites for hydroxylation is 1. The standard InChI is InChI=1S/C12H11ClN2O3S/c1-6-10(11(16)17)19-12(14-6)15-8-5-7(13)3-4-9(8)18-2/h3-5H,1-2H3,(H,14,15)(H,16,17). The highest BCUT2D eigenvalue weighted by Gasteiger charge is 2.15. The van der Waals surface area contributed by atoms with Crippen LogP contribution in [0.2, 0.25) is 5.02 Å². The maximum Gasteiger partial charge on any atom is 0.347 e. The fourth-order valence-corrected chi connectivity index (χ4v) is 2.53. The fraction of sp³-hybridized carbons (Fsp3) is 0.167. The van der Waals surface area contributed by atoms with E-state index in [0.29, 0.717) is 27.3 Å². The minimum atomic E-state index is -0.985. The average Bonchev–Trinajstić information content (AvgIpc) is 2.71. The molecule has 0 radical (unpaired) electrons. The van der Waals surface area contributed by atoms with Gasteiger partial charge in [-0.15, -0.1) is 0 Å². The van der Waals surface area contributed by atoms with Crippen molar-refractivity contribution in [3.8, 4) is 5.75 Å². The van der Waals surface area contributed by atoms with Crippen LogP contribution >= 0.6 is 22.9 Å². The number of hydrogen-bond donors (Lipinski definition) is 2. The third-order valence-corrected chi connectivity index (χ3v) is 3.69. The van der Waals surface area contributed by atoms with Crippen molar-refractivity contribution in [1.82, 2.24) is 4.98 Å². The molecule has 100 valence electrons. The summed E-state index contributed by atoms with van der Waals surface area (Å²) in [4.78, 5) is 15.3. The minimum Gasteiger partial charge on any atom is -0.495 e. The lowest BCUT2D eigenvalue weighted by atomic mass is 10.3. The molecule has 1 aromatic heterocycles. The maximum atomic E-state index is 11.0. The van der Waals surface area contributed by atoms with E-state index in [1.54, 1.807) is 32.2 Å². The highest BCUT2D eigenvalue weighted by atomic mass is 35.5. The smallest absolute Gasteiger partial charge is 0.347 e. The molecule has 0 saturated carbocycles. The van der Waals surface area contributed by atoms with Crippen LogP contribution < -0.4 is 10.1 Å². The van der Waals surface area contributed by atoms with Crippen molar-refractivity contribution >= 4 is 39.7 Å². The number of nitrogens with zero attached hydrogens (tertiary/aromatic N) is 1. The van der Waals surface area contributed by atoms with Crippen LogP contribution in [0.5, 0.6) is 5.75 Å². The molecule has 0 saturated heterocycles. The summed E-state index contributed by atoms with van der Waals surface area (Å²) < 4.78 is 5.20. The number of ether oxygens (including phenoxy) is 1. The Morgan fingerprint density at radius 2 is 2.26 bits per heavy atom. The second kappa shape index (κ2) is 5.46. The van der Waals surface area contributed by atoms with E-state index in [-0.39, 0.29) is 4.88 Å². The van der Waals surface area contributed by atoms with Gasteiger partial charge >= 0.3 is 5.97 Å². The van der Waals surface area contributed by atoms with E-state index in [4.69, 9.17) is 21.4 Å². The molecule has 0 amide bonds. The molecule has 0 atom stereocenters. The molecule has 1 aromatic carbocycles. The van der Waals surface area contributed by atoms with Crippen LogP contribution in [0.3, 0.4) is 0 Å². The zero-order chi connectivity index (χ0) is 14.0. The van der Waals surface area contributed by atoms with Crippen molar-refractivity contribution in [3.63, 3.8) is 0 Å². The lowest BCUT2D eigenvalue weighted by molar-refractivity contribution is 0.0701. The number of rotatable bonds is 4. The monoisotopic (exact) mass is 298 g/mol. The molecule has 1 heterocycles. The van der Waals surface area contributed by atoms with Gasteiger partial charge in [0.15, 0.2) is 5.13 Å². The number of benzene rings is 1. The second-order valence-electron chi connectivity index (χ2n) is 3.71. The summed E-state index contributed by atoms with van der Waals surface area (Å²) in [7, 11) is 1.55. The number of halogens is 1. The van der Waals surface area contributed by atoms with Crippen molar-refractivity contribution in [1.29, 1.82) is 0 Å². The zero-order valence-corrected chi connectivity index (χ0v) is 11.8. The zero-order valence-electron chi connectivity index (χ0n) is 10.2. The fourth-order valence-electron chi connectivity index (χ4n) is 1.54. The summed E-state index contributed by atoms with van der Waals surface area (Å²) in [5, 5.41) is 13.0. The number of anilines is 2. The third kappa shape index (κ3) is 2.97. The van der Waals surface area contributed by atoms with Gasteiger partial charge in [-0.25, -0.2) is 9.78 Å². The SMILES string of the molecule is COc1ccc(Cl)cc1Nc1nc(C)c(C(=O)O)s1. The van der Waals surface area contributed by atoms with Gasteiger partial charge < -0.3 is 15.2 Å². The molecule has 0 fully saturated rings. The van der Waals surface area contributed by atoms with Gasteiger partial charge in [-0.05, 0) is 25.1 Å². The highest BCUT2D eigenvalue weighted by molar-refractivity contribution is 7.17. The normalized spacial score (nSPS) is 10.3. The number of nitrogens with one attached hydrogen (secondary N) is 1. The van der Waals surface area contributed by atoms with Gasteiger partial charge in [-0.3, -0.25) is 0 Å². The van der Waals surface area contributed by atoms with Crippen LogP contribution in [-0.4, -0.2) is 23.2 Å². The number of carboxylic acid groups (broad SMARTS) is 1. The highest BCUT2D eigenvalue weighted by Crippen LogP contribution is 2.32. The minimum absolute atomic E-state index is 0.212. The maximum absolute atomic E-state index is 11.0. The van der Waals surface area contributed by atoms with Gasteiger partial charge in [-0.2, -0.15) is 0 Å². The first kappa shape index (κ1) is 13.6. The van der Waals surface area contributed by atoms with E-state index in [0.717, 1.165) is 11.3 Å². The van der Waals surface area contributed by atoms with Crippen molar-refractivity contribution < 1.29 is 14.6 Å². The number of aromatic nitrogens is 1. The molecule has 7 heteroatoms. The van der Waals surface area contributed by atoms with E-state index in [2.05, 4.69) is 10.3 Å². The van der Waals surface area contributed by atoms with Crippen LogP contribution in [0.1, 0.15) is 15.4 Å². The number of hydrogen-bond acceptors (Lipinski definition) is 5. The van der Waals surface area contributed by atoms with Crippen molar-refractivity contribution in [2.75, 3.05) is 12.4 Å². The summed E-state index contributed by atoms with van der Waals surface area (Å²) in [5.41, 5.74) is 1.11. The molecule has 2 aromatic rings. The Morgan fingerprint density at radius 3 is 2.84 bits per heavy atom. The summed E-state index contributed by atoms with van der Waals surface area (Å²) in [6.45, 7) is 1.65. The average molecular weight is 299 g/mol. The third-order valence-electron chi connectivity index (χ3n) is 2.39. The van der Waals surface area contributed by atoms with Gasteiger partial charge in [0.25, 0.3) is 0 Å². The van der Waals surface area contributed by atoms with Crippen LogP contribution in [-0.2, 0) is 0 Å². The molecule has 0 unspecified atom stereocenters. The Balaban J connectivity index is 2.33. The van der Waals surface area contributed by atoms with Crippen molar-refractivity contribution in [3.05, 3.63) is 33.8 Å². The Bertz CT molecular complexity index is 627. The van der Waals surface area contributed by atoms with Crippen LogP contribution in [0, 0.1) is 6.92 Å². The van der Waals surface area contributed by atoms with E-state index in [1.165, 1.54) is 0 Å². The predicted molar refractivity (Wildman–Crippen MR) is 75.1 cm³/mol. The molecule has 5 nitrogen and oxygen atoms in total. The number of methoxy groups -OCH3 is 1. The predicted octanol–water partition coefficient (Wildman–Crippen LogP) is 3.56. The first-order valence-electron chi connectivity index (χ1n) is 5.32. The van der Waals surface area contributed by atoms with Gasteiger partial charge in [-0.1, -0.05) is 22.9 Å². The molecule has 0 aliphatic heterocycles. The molecular formula is C12H11ClN2O3S. The largest absolute Gasteiger partial charge is 0.495 e. The van der Waals surface area contributed by atoms with E-state index in [9.17, 15) is 4.79 Å². The summed E-state index contributed by atoms with van der Waals surface area (Å²) in [5.74, 6) is -0.379. The van der Waals surface area contributed by atoms with E-state index < -0.39 is 5.97 Å². The lowest BCUT2D eigenvalue weighted by Crippen LogP contribution is -1.94. The van der Waals surface area contributed by atoms with Gasteiger partial charge in [0, 0.05) is 5.02 Å². The Labute approximate surface area is 118 Å². The first-order chi connectivity index (χ1) is 9.01. The Morgan fingerprint density at radius 1 is 1.53 bits per heavy atom. The number of thiazole rings is 1. The molecule has 2 rings (SSSR count). The van der Waals surface area contributed by atoms with Crippen LogP contribution in [0.4, 0.5) is 10.8 Å². The molecule has 2 N–H and O–H groups in total. The number of carbonyl (C=O) groups is 1. The molecule has 0 aliphatic carbocycles. The molecule has 19 heavy (non-hydrogen) atoms. The second-order valence-corrected chi connectivity index (χ2v) is 5.14. The quantitative estimate of drug-likeness (QED) is 0.903. The van der Waals surface area contributed by atoms with Crippen LogP contribution in [0.15, 0.2) is 18.2 Å². The summed E-state index contributed by atoms with van der Waals surface area (Å²) >= 11 is 6.99. The number of carboxylic acids is 1. The van der Waals surface area contributed by atoms with E-state index in [1.807, 2.05) is 0 Å². The van der Waals surface area contributed by atoms with Crippen LogP contribution in [0.25, 0.3) is 0 Å². The Kier molecular flexibility index (Phi) is 3.92. The van der Waals surface area contributed by atoms with Gasteiger partial charge in [0.1, 0.15) is 10.6 Å². The number of aromatic carboxylic acids is 1. The van der Waals surface area contributed by atoms with Gasteiger partial charge in [0.2, 0.25) is 0 Å². The topological polar surface area (TPSA) is 71.5 Å². The summed E-state index contributed by atoms with van der Waals surface area (Å²) in [6, 6.07) is 5.13.